The highest BCUT2D eigenvalue weighted by atomic mass is 16.6. The van der Waals surface area contributed by atoms with E-state index < -0.39 is 23.4 Å². The summed E-state index contributed by atoms with van der Waals surface area (Å²) in [6.07, 6.45) is 2.31. The van der Waals surface area contributed by atoms with E-state index in [2.05, 4.69) is 5.32 Å². The van der Waals surface area contributed by atoms with E-state index in [1.807, 2.05) is 24.3 Å². The highest BCUT2D eigenvalue weighted by Gasteiger charge is 2.50. The van der Waals surface area contributed by atoms with Gasteiger partial charge in [-0.15, -0.1) is 0 Å². The molecule has 0 saturated heterocycles. The second kappa shape index (κ2) is 10.1. The fourth-order valence-corrected chi connectivity index (χ4v) is 3.57. The largest absolute Gasteiger partial charge is 0.493 e. The molecule has 1 atom stereocenters. The number of carbonyl (C=O) groups is 3. The zero-order chi connectivity index (χ0) is 20.6. The summed E-state index contributed by atoms with van der Waals surface area (Å²) in [7, 11) is 0. The summed E-state index contributed by atoms with van der Waals surface area (Å²) in [5.41, 5.74) is -0.801. The van der Waals surface area contributed by atoms with Crippen molar-refractivity contribution in [3.63, 3.8) is 0 Å². The number of ether oxygens (including phenoxy) is 3. The highest BCUT2D eigenvalue weighted by molar-refractivity contribution is 6.07. The third-order valence-corrected chi connectivity index (χ3v) is 4.82. The standard InChI is InChI=1S/C21H29NO6/c1-4-26-19(24)21(22-15(3)23,20(25)27-5-2)13-12-16-9-8-14-28-18-11-7-6-10-17(16)18/h6-7,10-11,16H,4-5,8-9,12-14H2,1-3H3,(H,22,23). The molecule has 0 spiro atoms. The van der Waals surface area contributed by atoms with Crippen LogP contribution in [0.3, 0.4) is 0 Å². The summed E-state index contributed by atoms with van der Waals surface area (Å²) < 4.78 is 16.1. The Bertz CT molecular complexity index is 684. The van der Waals surface area contributed by atoms with Crippen LogP contribution in [0.25, 0.3) is 0 Å². The normalized spacial score (nSPS) is 16.2. The van der Waals surface area contributed by atoms with Gasteiger partial charge in [0.05, 0.1) is 19.8 Å². The van der Waals surface area contributed by atoms with Gasteiger partial charge >= 0.3 is 11.9 Å². The van der Waals surface area contributed by atoms with Gasteiger partial charge in [0.2, 0.25) is 11.4 Å². The summed E-state index contributed by atoms with van der Waals surface area (Å²) in [4.78, 5) is 37.3. The van der Waals surface area contributed by atoms with Gasteiger partial charge in [-0.2, -0.15) is 0 Å². The number of hydrogen-bond donors (Lipinski definition) is 1. The number of para-hydroxylation sites is 1. The Kier molecular flexibility index (Phi) is 7.84. The van der Waals surface area contributed by atoms with Gasteiger partial charge in [0.1, 0.15) is 5.75 Å². The van der Waals surface area contributed by atoms with E-state index in [1.54, 1.807) is 13.8 Å². The molecular formula is C21H29NO6. The zero-order valence-corrected chi connectivity index (χ0v) is 16.8. The van der Waals surface area contributed by atoms with Crippen molar-refractivity contribution in [1.82, 2.24) is 5.32 Å². The number of amides is 1. The van der Waals surface area contributed by atoms with E-state index in [4.69, 9.17) is 14.2 Å². The van der Waals surface area contributed by atoms with Crippen molar-refractivity contribution in [2.75, 3.05) is 19.8 Å². The Morgan fingerprint density at radius 2 is 1.79 bits per heavy atom. The quantitative estimate of drug-likeness (QED) is 0.541. The van der Waals surface area contributed by atoms with Crippen LogP contribution in [0.2, 0.25) is 0 Å². The Balaban J connectivity index is 2.32. The monoisotopic (exact) mass is 391 g/mol. The van der Waals surface area contributed by atoms with E-state index >= 15 is 0 Å². The number of carbonyl (C=O) groups excluding carboxylic acids is 3. The third-order valence-electron chi connectivity index (χ3n) is 4.82. The molecule has 1 aromatic carbocycles. The van der Waals surface area contributed by atoms with E-state index in [-0.39, 0.29) is 25.6 Å². The summed E-state index contributed by atoms with van der Waals surface area (Å²) >= 11 is 0. The topological polar surface area (TPSA) is 90.9 Å². The van der Waals surface area contributed by atoms with Gasteiger partial charge in [-0.25, -0.2) is 9.59 Å². The Hall–Kier alpha value is -2.57. The van der Waals surface area contributed by atoms with Gasteiger partial charge in [-0.1, -0.05) is 18.2 Å². The van der Waals surface area contributed by atoms with Crippen molar-refractivity contribution in [3.8, 4) is 5.75 Å². The van der Waals surface area contributed by atoms with E-state index in [1.165, 1.54) is 6.92 Å². The van der Waals surface area contributed by atoms with Crippen molar-refractivity contribution >= 4 is 17.8 Å². The van der Waals surface area contributed by atoms with Crippen molar-refractivity contribution < 1.29 is 28.6 Å². The first kappa shape index (κ1) is 21.7. The molecule has 0 radical (unpaired) electrons. The Morgan fingerprint density at radius 3 is 2.39 bits per heavy atom. The van der Waals surface area contributed by atoms with Gasteiger partial charge in [0.15, 0.2) is 0 Å². The number of hydrogen-bond acceptors (Lipinski definition) is 6. The average Bonchev–Trinajstić information content (AvgIpc) is 2.87. The minimum atomic E-state index is -1.85. The molecule has 1 aromatic rings. The first-order valence-electron chi connectivity index (χ1n) is 9.79. The molecule has 1 aliphatic rings. The maximum atomic E-state index is 12.7. The highest BCUT2D eigenvalue weighted by Crippen LogP contribution is 2.37. The molecule has 7 nitrogen and oxygen atoms in total. The van der Waals surface area contributed by atoms with Crippen molar-refractivity contribution in [3.05, 3.63) is 29.8 Å². The molecule has 0 saturated carbocycles. The van der Waals surface area contributed by atoms with Crippen LogP contribution in [0.1, 0.15) is 57.9 Å². The summed E-state index contributed by atoms with van der Waals surface area (Å²) in [5.74, 6) is -1.16. The van der Waals surface area contributed by atoms with E-state index in [9.17, 15) is 14.4 Å². The molecule has 28 heavy (non-hydrogen) atoms. The van der Waals surface area contributed by atoms with Crippen LogP contribution in [-0.4, -0.2) is 43.2 Å². The maximum Gasteiger partial charge on any atom is 0.343 e. The molecule has 0 aliphatic carbocycles. The second-order valence-electron chi connectivity index (χ2n) is 6.79. The molecule has 1 N–H and O–H groups in total. The predicted molar refractivity (Wildman–Crippen MR) is 103 cm³/mol. The van der Waals surface area contributed by atoms with Crippen LogP contribution in [-0.2, 0) is 23.9 Å². The van der Waals surface area contributed by atoms with Crippen LogP contribution in [0.15, 0.2) is 24.3 Å². The summed E-state index contributed by atoms with van der Waals surface area (Å²) in [5, 5.41) is 2.52. The lowest BCUT2D eigenvalue weighted by Crippen LogP contribution is -2.61. The van der Waals surface area contributed by atoms with Crippen LogP contribution in [0.4, 0.5) is 0 Å². The fourth-order valence-electron chi connectivity index (χ4n) is 3.57. The van der Waals surface area contributed by atoms with Gasteiger partial charge in [-0.3, -0.25) is 4.79 Å². The second-order valence-corrected chi connectivity index (χ2v) is 6.79. The average molecular weight is 391 g/mol. The lowest BCUT2D eigenvalue weighted by Gasteiger charge is -2.31. The molecule has 7 heteroatoms. The predicted octanol–water partition coefficient (Wildman–Crippen LogP) is 2.72. The molecular weight excluding hydrogens is 362 g/mol. The van der Waals surface area contributed by atoms with Gasteiger partial charge in [0.25, 0.3) is 0 Å². The SMILES string of the molecule is CCOC(=O)C(CCC1CCCOc2ccccc21)(NC(C)=O)C(=O)OCC. The smallest absolute Gasteiger partial charge is 0.343 e. The molecule has 1 aliphatic heterocycles. The van der Waals surface area contributed by atoms with Gasteiger partial charge in [-0.05, 0) is 57.1 Å². The number of benzene rings is 1. The minimum absolute atomic E-state index is 0.0866. The first-order valence-corrected chi connectivity index (χ1v) is 9.79. The molecule has 2 rings (SSSR count). The number of fused-ring (bicyclic) bond motifs is 1. The van der Waals surface area contributed by atoms with Gasteiger partial charge in [0, 0.05) is 6.92 Å². The van der Waals surface area contributed by atoms with Crippen molar-refractivity contribution in [2.24, 2.45) is 0 Å². The number of rotatable bonds is 8. The molecule has 0 aromatic heterocycles. The minimum Gasteiger partial charge on any atom is -0.493 e. The number of nitrogens with one attached hydrogen (secondary N) is 1. The van der Waals surface area contributed by atoms with Crippen LogP contribution < -0.4 is 10.1 Å². The molecule has 1 heterocycles. The maximum absolute atomic E-state index is 12.7. The van der Waals surface area contributed by atoms with Crippen LogP contribution in [0.5, 0.6) is 5.75 Å². The molecule has 1 unspecified atom stereocenters. The lowest BCUT2D eigenvalue weighted by molar-refractivity contribution is -0.168. The summed E-state index contributed by atoms with van der Waals surface area (Å²) in [6, 6.07) is 7.78. The van der Waals surface area contributed by atoms with Crippen molar-refractivity contribution in [2.45, 2.75) is 57.9 Å². The molecule has 0 fully saturated rings. The lowest BCUT2D eigenvalue weighted by atomic mass is 9.83. The molecule has 0 bridgehead atoms. The summed E-state index contributed by atoms with van der Waals surface area (Å²) in [6.45, 7) is 5.39. The van der Waals surface area contributed by atoms with Crippen LogP contribution >= 0.6 is 0 Å². The molecule has 154 valence electrons. The van der Waals surface area contributed by atoms with E-state index in [0.29, 0.717) is 13.0 Å². The first-order chi connectivity index (χ1) is 13.4. The Labute approximate surface area is 165 Å². The van der Waals surface area contributed by atoms with Gasteiger partial charge < -0.3 is 19.5 Å². The van der Waals surface area contributed by atoms with E-state index in [0.717, 1.165) is 24.2 Å². The number of esters is 2. The fraction of sp³-hybridized carbons (Fsp3) is 0.571. The third kappa shape index (κ3) is 5.03. The zero-order valence-electron chi connectivity index (χ0n) is 16.8. The Morgan fingerprint density at radius 1 is 1.14 bits per heavy atom. The molecule has 1 amide bonds. The van der Waals surface area contributed by atoms with Crippen molar-refractivity contribution in [1.29, 1.82) is 0 Å². The van der Waals surface area contributed by atoms with Crippen LogP contribution in [0, 0.1) is 0 Å².